The maximum absolute atomic E-state index is 8.18. The first kappa shape index (κ1) is 15.5. The van der Waals surface area contributed by atoms with Crippen LogP contribution in [0.3, 0.4) is 0 Å². The molecule has 0 aromatic rings. The Morgan fingerprint density at radius 1 is 0.850 bits per heavy atom. The van der Waals surface area contributed by atoms with Gasteiger partial charge in [-0.25, -0.2) is 4.89 Å². The molecule has 0 bridgehead atoms. The van der Waals surface area contributed by atoms with Crippen molar-refractivity contribution in [3.63, 3.8) is 0 Å². The fourth-order valence-corrected chi connectivity index (χ4v) is 1.82. The smallest absolute Gasteiger partial charge is 0.0819 e. The Labute approximate surface area is 128 Å². The summed E-state index contributed by atoms with van der Waals surface area (Å²) < 4.78 is 15.7. The van der Waals surface area contributed by atoms with Crippen molar-refractivity contribution < 1.29 is 12.9 Å². The second-order valence-electron chi connectivity index (χ2n) is 4.83. The van der Waals surface area contributed by atoms with Gasteiger partial charge in [0.05, 0.1) is 6.61 Å². The normalized spacial score (nSPS) is 14.5. The Kier molecular flexibility index (Phi) is 14.1. The van der Waals surface area contributed by atoms with Crippen LogP contribution in [0.1, 0.15) is 73.8 Å². The monoisotopic (exact) mass is 282 g/mol. The number of rotatable bonds is 14. The van der Waals surface area contributed by atoms with Crippen molar-refractivity contribution in [1.29, 1.82) is 0 Å². The topological polar surface area (TPSA) is 29.5 Å². The van der Waals surface area contributed by atoms with E-state index in [1.54, 1.807) is 12.2 Å². The van der Waals surface area contributed by atoms with Crippen LogP contribution in [0.5, 0.6) is 0 Å². The van der Waals surface area contributed by atoms with E-state index in [1.165, 1.54) is 19.3 Å². The Morgan fingerprint density at radius 2 is 1.50 bits per heavy atom. The third-order valence-corrected chi connectivity index (χ3v) is 2.96. The lowest BCUT2D eigenvalue weighted by Gasteiger charge is -1.99. The van der Waals surface area contributed by atoms with Gasteiger partial charge in [-0.2, -0.15) is 0 Å². The van der Waals surface area contributed by atoms with Crippen LogP contribution in [0, 0.1) is 0 Å². The van der Waals surface area contributed by atoms with Crippen LogP contribution in [0.15, 0.2) is 36.5 Å². The van der Waals surface area contributed by atoms with Crippen molar-refractivity contribution >= 4 is 0 Å². The highest BCUT2D eigenvalue weighted by atomic mass is 17.1. The molecule has 0 aromatic carbocycles. The minimum Gasteiger partial charge on any atom is -0.252 e. The van der Waals surface area contributed by atoms with Crippen molar-refractivity contribution in [2.24, 2.45) is 0 Å². The number of hydrogen-bond donors (Lipinski definition) is 1. The molecule has 1 N–H and O–H groups in total. The molecule has 0 atom stereocenters. The highest BCUT2D eigenvalue weighted by molar-refractivity contribution is 4.96. The van der Waals surface area contributed by atoms with E-state index in [0.29, 0.717) is 6.61 Å². The lowest BCUT2D eigenvalue weighted by molar-refractivity contribution is -0.242. The zero-order valence-electron chi connectivity index (χ0n) is 14.9. The SMILES string of the molecule is [2H]C([2H])(/C=C\C/C=C\CC)/C=C\CCCCCCCCOO. The second kappa shape index (κ2) is 18.1. The molecular weight excluding hydrogens is 248 g/mol. The minimum atomic E-state index is -1.34. The highest BCUT2D eigenvalue weighted by Gasteiger charge is 1.90. The summed E-state index contributed by atoms with van der Waals surface area (Å²) in [6, 6.07) is 0. The van der Waals surface area contributed by atoms with Gasteiger partial charge >= 0.3 is 0 Å². The molecule has 0 aliphatic rings. The fourth-order valence-electron chi connectivity index (χ4n) is 1.82. The number of allylic oxidation sites excluding steroid dienone is 6. The Hall–Kier alpha value is -0.860. The van der Waals surface area contributed by atoms with Crippen LogP contribution < -0.4 is 0 Å². The molecule has 0 radical (unpaired) electrons. The van der Waals surface area contributed by atoms with E-state index >= 15 is 0 Å². The molecule has 0 heterocycles. The highest BCUT2D eigenvalue weighted by Crippen LogP contribution is 2.07. The van der Waals surface area contributed by atoms with Gasteiger partial charge < -0.3 is 0 Å². The zero-order chi connectivity index (χ0) is 16.5. The van der Waals surface area contributed by atoms with Gasteiger partial charge in [0.1, 0.15) is 0 Å². The van der Waals surface area contributed by atoms with Crippen LogP contribution in [-0.2, 0) is 4.89 Å². The van der Waals surface area contributed by atoms with Gasteiger partial charge in [-0.15, -0.1) is 0 Å². The molecule has 116 valence electrons. The van der Waals surface area contributed by atoms with E-state index in [9.17, 15) is 0 Å². The quantitative estimate of drug-likeness (QED) is 0.181. The summed E-state index contributed by atoms with van der Waals surface area (Å²) in [5, 5.41) is 8.18. The molecule has 20 heavy (non-hydrogen) atoms. The molecule has 0 unspecified atom stereocenters. The van der Waals surface area contributed by atoms with E-state index in [1.807, 2.05) is 12.2 Å². The van der Waals surface area contributed by atoms with Crippen molar-refractivity contribution in [3.8, 4) is 0 Å². The van der Waals surface area contributed by atoms with E-state index in [4.69, 9.17) is 8.00 Å². The molecule has 0 saturated carbocycles. The molecule has 0 aliphatic heterocycles. The van der Waals surface area contributed by atoms with E-state index in [-0.39, 0.29) is 0 Å². The summed E-state index contributed by atoms with van der Waals surface area (Å²) in [6.45, 7) is 2.52. The predicted molar refractivity (Wildman–Crippen MR) is 87.8 cm³/mol. The molecule has 0 saturated heterocycles. The van der Waals surface area contributed by atoms with Gasteiger partial charge in [-0.05, 0) is 38.5 Å². The van der Waals surface area contributed by atoms with Gasteiger partial charge in [0.25, 0.3) is 0 Å². The maximum Gasteiger partial charge on any atom is 0.0819 e. The summed E-state index contributed by atoms with van der Waals surface area (Å²) in [6.07, 6.45) is 19.3. The van der Waals surface area contributed by atoms with Gasteiger partial charge in [0, 0.05) is 2.74 Å². The standard InChI is InChI=1S/C18H32O2/c1-2-3-4-5-6-7-8-9-10-11-12-13-14-15-16-17-18-20-19/h3-4,6-7,9-10,19H,2,5,8,11-18H2,1H3/b4-3-,7-6-,10-9-/i8D2. The second-order valence-corrected chi connectivity index (χ2v) is 4.83. The average molecular weight is 282 g/mol. The van der Waals surface area contributed by atoms with Crippen LogP contribution in [0.25, 0.3) is 0 Å². The third-order valence-electron chi connectivity index (χ3n) is 2.96. The van der Waals surface area contributed by atoms with Crippen LogP contribution in [0.2, 0.25) is 0 Å². The summed E-state index contributed by atoms with van der Waals surface area (Å²) in [5.41, 5.74) is 0. The molecule has 2 heteroatoms. The molecule has 0 amide bonds. The Morgan fingerprint density at radius 3 is 2.25 bits per heavy atom. The lowest BCUT2D eigenvalue weighted by atomic mass is 10.1. The number of hydrogen-bond acceptors (Lipinski definition) is 2. The largest absolute Gasteiger partial charge is 0.252 e. The van der Waals surface area contributed by atoms with E-state index < -0.39 is 6.37 Å². The molecule has 0 spiro atoms. The lowest BCUT2D eigenvalue weighted by Crippen LogP contribution is -1.88. The first-order valence-corrected chi connectivity index (χ1v) is 7.89. The van der Waals surface area contributed by atoms with Crippen molar-refractivity contribution in [1.82, 2.24) is 0 Å². The van der Waals surface area contributed by atoms with Gasteiger partial charge in [0.15, 0.2) is 0 Å². The van der Waals surface area contributed by atoms with Crippen LogP contribution >= 0.6 is 0 Å². The molecule has 0 rings (SSSR count). The Bertz CT molecular complexity index is 323. The molecule has 0 fully saturated rings. The summed E-state index contributed by atoms with van der Waals surface area (Å²) in [4.78, 5) is 4.03. The first-order chi connectivity index (χ1) is 10.6. The van der Waals surface area contributed by atoms with Crippen molar-refractivity contribution in [2.45, 2.75) is 71.1 Å². The van der Waals surface area contributed by atoms with E-state index in [2.05, 4.69) is 24.0 Å². The predicted octanol–water partition coefficient (Wildman–Crippen LogP) is 6.07. The van der Waals surface area contributed by atoms with Crippen molar-refractivity contribution in [3.05, 3.63) is 36.5 Å². The molecule has 2 nitrogen and oxygen atoms in total. The third kappa shape index (κ3) is 17.1. The van der Waals surface area contributed by atoms with Crippen molar-refractivity contribution in [2.75, 3.05) is 6.61 Å². The summed E-state index contributed by atoms with van der Waals surface area (Å²) in [7, 11) is 0. The van der Waals surface area contributed by atoms with Gasteiger partial charge in [-0.3, -0.25) is 5.26 Å². The molecule has 0 aromatic heterocycles. The first-order valence-electron chi connectivity index (χ1n) is 8.89. The Balaban J connectivity index is 3.62. The fraction of sp³-hybridized carbons (Fsp3) is 0.667. The average Bonchev–Trinajstić information content (AvgIpc) is 2.49. The summed E-state index contributed by atoms with van der Waals surface area (Å²) >= 11 is 0. The number of unbranched alkanes of at least 4 members (excludes halogenated alkanes) is 6. The zero-order valence-corrected chi connectivity index (χ0v) is 12.9. The molecule has 0 aliphatic carbocycles. The van der Waals surface area contributed by atoms with Crippen LogP contribution in [0.4, 0.5) is 0 Å². The van der Waals surface area contributed by atoms with Crippen LogP contribution in [-0.4, -0.2) is 11.9 Å². The van der Waals surface area contributed by atoms with Gasteiger partial charge in [0.2, 0.25) is 0 Å². The van der Waals surface area contributed by atoms with Gasteiger partial charge in [-0.1, -0.05) is 69.1 Å². The van der Waals surface area contributed by atoms with E-state index in [0.717, 1.165) is 38.5 Å². The maximum atomic E-state index is 8.18. The summed E-state index contributed by atoms with van der Waals surface area (Å²) in [5.74, 6) is 0. The minimum absolute atomic E-state index is 0.430. The molecular formula is C18H32O2.